The van der Waals surface area contributed by atoms with Gasteiger partial charge in [0.2, 0.25) is 11.8 Å². The average molecular weight is 1030 g/mol. The van der Waals surface area contributed by atoms with Crippen LogP contribution in [0.4, 0.5) is 5.82 Å². The number of amides is 2. The lowest BCUT2D eigenvalue weighted by Crippen LogP contribution is -2.46. The summed E-state index contributed by atoms with van der Waals surface area (Å²) in [5, 5.41) is 60.6. The average Bonchev–Trinajstić information content (AvgIpc) is 3.32. The number of fused-ring (bicyclic) bond motifs is 5. The Morgan fingerprint density at radius 3 is 2.18 bits per heavy atom. The van der Waals surface area contributed by atoms with Gasteiger partial charge in [-0.05, 0) is 65.4 Å². The highest BCUT2D eigenvalue weighted by molar-refractivity contribution is 7.87. The molecule has 0 aliphatic carbocycles. The maximum absolute atomic E-state index is 15.0. The van der Waals surface area contributed by atoms with Crippen molar-refractivity contribution >= 4 is 45.4 Å². The van der Waals surface area contributed by atoms with Crippen LogP contribution in [-0.2, 0) is 41.2 Å². The number of aryl methyl sites for hydroxylation is 1. The van der Waals surface area contributed by atoms with Crippen molar-refractivity contribution in [2.24, 2.45) is 28.4 Å². The molecule has 0 saturated heterocycles. The number of carboxylic acid groups (broad SMARTS) is 1. The zero-order valence-corrected chi connectivity index (χ0v) is 42.0. The van der Waals surface area contributed by atoms with Gasteiger partial charge in [0.15, 0.2) is 28.9 Å². The summed E-state index contributed by atoms with van der Waals surface area (Å²) < 4.78 is 38.5. The summed E-state index contributed by atoms with van der Waals surface area (Å²) in [6.45, 7) is 6.69. The smallest absolute Gasteiger partial charge is 0.326 e. The van der Waals surface area contributed by atoms with E-state index in [9.17, 15) is 58.1 Å². The number of ether oxygens (including phenoxy) is 2. The molecule has 2 heterocycles. The molecule has 1 aliphatic rings. The van der Waals surface area contributed by atoms with Gasteiger partial charge in [0.05, 0.1) is 28.8 Å². The molecule has 5 rings (SSSR count). The second kappa shape index (κ2) is 23.6. The van der Waals surface area contributed by atoms with E-state index in [4.69, 9.17) is 31.8 Å². The highest BCUT2D eigenvalue weighted by Gasteiger charge is 2.38. The summed E-state index contributed by atoms with van der Waals surface area (Å²) in [5.74, 6) is -8.96. The number of hydrogen-bond donors (Lipinski definition) is 10. The molecule has 73 heavy (non-hydrogen) atoms. The van der Waals surface area contributed by atoms with Crippen LogP contribution < -0.4 is 41.9 Å². The minimum Gasteiger partial charge on any atom is -0.504 e. The molecule has 0 radical (unpaired) electrons. The number of phenolic OH excluding ortho intramolecular Hbond substituents is 1. The van der Waals surface area contributed by atoms with Gasteiger partial charge in [0.25, 0.3) is 10.2 Å². The Kier molecular flexibility index (Phi) is 18.4. The topological polar surface area (TPSA) is 400 Å². The number of nitriles is 1. The third-order valence-corrected chi connectivity index (χ3v) is 12.7. The van der Waals surface area contributed by atoms with Crippen LogP contribution in [-0.4, -0.2) is 131 Å². The molecule has 24 heteroatoms. The Bertz CT molecular complexity index is 2900. The van der Waals surface area contributed by atoms with Crippen molar-refractivity contribution in [3.63, 3.8) is 0 Å². The zero-order valence-electron chi connectivity index (χ0n) is 41.2. The summed E-state index contributed by atoms with van der Waals surface area (Å²) >= 11 is 0. The number of nitrogens with zero attached hydrogens (tertiary/aromatic N) is 4. The first-order valence-corrected chi connectivity index (χ1v) is 24.6. The molecule has 0 unspecified atom stereocenters. The van der Waals surface area contributed by atoms with Crippen molar-refractivity contribution in [3.05, 3.63) is 82.0 Å². The lowest BCUT2D eigenvalue weighted by Gasteiger charge is -2.32. The van der Waals surface area contributed by atoms with Gasteiger partial charge in [-0.1, -0.05) is 39.8 Å². The Morgan fingerprint density at radius 2 is 1.60 bits per heavy atom. The molecular weight excluding hydrogens is 969 g/mol. The normalized spacial score (nSPS) is 17.5. The van der Waals surface area contributed by atoms with E-state index in [2.05, 4.69) is 21.4 Å². The molecule has 4 aromatic rings. The van der Waals surface area contributed by atoms with E-state index in [1.54, 1.807) is 12.1 Å². The number of rotatable bonds is 18. The fraction of sp³-hybridized carbons (Fsp3) is 0.429. The molecule has 6 atom stereocenters. The highest BCUT2D eigenvalue weighted by Crippen LogP contribution is 2.45. The number of carboxylic acids is 1. The second-order valence-electron chi connectivity index (χ2n) is 18.9. The van der Waals surface area contributed by atoms with E-state index < -0.39 is 107 Å². The molecule has 14 N–H and O–H groups in total. The lowest BCUT2D eigenvalue weighted by atomic mass is 9.85. The van der Waals surface area contributed by atoms with Gasteiger partial charge in [-0.3, -0.25) is 19.2 Å². The molecule has 3 aromatic carbocycles. The monoisotopic (exact) mass is 1030 g/mol. The first-order chi connectivity index (χ1) is 34.2. The van der Waals surface area contributed by atoms with Crippen LogP contribution in [0.5, 0.6) is 17.2 Å². The Morgan fingerprint density at radius 1 is 0.959 bits per heavy atom. The van der Waals surface area contributed by atoms with E-state index in [1.807, 2.05) is 31.6 Å². The van der Waals surface area contributed by atoms with E-state index in [0.29, 0.717) is 11.1 Å². The molecule has 0 fully saturated rings. The number of carbonyl (C=O) groups excluding carboxylic acids is 4. The number of Topliss-reactive ketones (excluding diaryl/α,β-unsaturated/α-hetero) is 2. The van der Waals surface area contributed by atoms with Crippen LogP contribution in [0.15, 0.2) is 48.5 Å². The minimum absolute atomic E-state index is 0.0174. The Labute approximate surface area is 422 Å². The van der Waals surface area contributed by atoms with Crippen molar-refractivity contribution < 1.29 is 62.3 Å². The largest absolute Gasteiger partial charge is 0.504 e. The molecule has 1 aliphatic heterocycles. The van der Waals surface area contributed by atoms with Crippen molar-refractivity contribution in [1.82, 2.24) is 24.9 Å². The number of aromatic hydroxyl groups is 1. The van der Waals surface area contributed by atoms with Crippen molar-refractivity contribution in [1.29, 1.82) is 5.26 Å². The van der Waals surface area contributed by atoms with Gasteiger partial charge >= 0.3 is 5.97 Å². The maximum Gasteiger partial charge on any atom is 0.326 e. The summed E-state index contributed by atoms with van der Waals surface area (Å²) in [6, 6.07) is 10.9. The van der Waals surface area contributed by atoms with Crippen molar-refractivity contribution in [3.8, 4) is 45.8 Å². The lowest BCUT2D eigenvalue weighted by molar-refractivity contribution is -0.143. The minimum atomic E-state index is -4.52. The quantitative estimate of drug-likeness (QED) is 0.0618. The number of nitrogens with one attached hydrogen (secondary N) is 2. The van der Waals surface area contributed by atoms with Crippen LogP contribution in [0.25, 0.3) is 22.5 Å². The van der Waals surface area contributed by atoms with Crippen LogP contribution >= 0.6 is 0 Å². The third kappa shape index (κ3) is 14.1. The number of carbonyl (C=O) groups is 5. The third-order valence-electron chi connectivity index (χ3n) is 12.2. The number of phenols is 1. The molecule has 23 nitrogen and oxygen atoms in total. The number of nitrogens with two attached hydrogens (primary N) is 4. The van der Waals surface area contributed by atoms with E-state index in [-0.39, 0.29) is 88.2 Å². The van der Waals surface area contributed by atoms with E-state index in [1.165, 1.54) is 51.2 Å². The number of nitrogen functional groups attached to an aromatic ring is 1. The van der Waals surface area contributed by atoms with Gasteiger partial charge < -0.3 is 57.3 Å². The van der Waals surface area contributed by atoms with Crippen molar-refractivity contribution in [2.45, 2.75) is 83.6 Å². The Balaban J connectivity index is 1.68. The Hall–Kier alpha value is -7.11. The highest BCUT2D eigenvalue weighted by atomic mass is 32.2. The predicted octanol–water partition coefficient (Wildman–Crippen LogP) is 0.875. The van der Waals surface area contributed by atoms with Crippen molar-refractivity contribution in [2.75, 3.05) is 45.6 Å². The number of benzene rings is 3. The van der Waals surface area contributed by atoms with Gasteiger partial charge in [-0.2, -0.15) is 13.7 Å². The van der Waals surface area contributed by atoms with Crippen LogP contribution in [0, 0.1) is 30.1 Å². The van der Waals surface area contributed by atoms with Gasteiger partial charge in [0, 0.05) is 68.6 Å². The summed E-state index contributed by atoms with van der Waals surface area (Å²) in [7, 11) is -3.35. The summed E-state index contributed by atoms with van der Waals surface area (Å²) in [4.78, 5) is 80.1. The SMILES string of the molecule is Cc1nc(-c2ccc(C(C)(C)C)cc2C#N)nc(N)c1C(=O)C[C@@H](CNS(N)(=O)=O)C(=O)N(C)[C@@H]1C(=O)C[C@@H](C)C(=O)N[C@H](C(=O)O)Cc2ccc(OC[C@H](O)CN)c(c2)-c2cc1cc(OC[C@H](O)CN)c2O. The van der Waals surface area contributed by atoms with Gasteiger partial charge in [-0.15, -0.1) is 0 Å². The predicted molar refractivity (Wildman–Crippen MR) is 266 cm³/mol. The maximum atomic E-state index is 15.0. The zero-order chi connectivity index (χ0) is 54.3. The molecular formula is C49H62N10O13S. The summed E-state index contributed by atoms with van der Waals surface area (Å²) in [6.07, 6.45) is -4.08. The molecule has 392 valence electrons. The number of hydrogen-bond acceptors (Lipinski definition) is 18. The number of likely N-dealkylation sites (N-methyl/N-ethyl adjacent to an activating group) is 1. The number of ketones is 2. The van der Waals surface area contributed by atoms with Crippen LogP contribution in [0.1, 0.15) is 84.9 Å². The van der Waals surface area contributed by atoms with E-state index >= 15 is 0 Å². The molecule has 1 aromatic heterocycles. The fourth-order valence-corrected chi connectivity index (χ4v) is 8.53. The molecule has 0 spiro atoms. The standard InChI is InChI=1S/C49H62N10O13S/c1-24-11-38(63)42(27-15-35(43(64)40(17-27)72-23-32(61)20-52)34-12-26(13-36(48(67)68)57-46(24)65)7-10-39(34)71-22-31(60)19-51)59(6)47(66)29(21-55-73(54,69)70)16-37(62)41-25(2)56-45(58-44(41)53)33-9-8-30(49(3,4)5)14-28(33)18-50/h7-10,12,14-15,17,24,29,31-32,36,42,55,60-61,64H,11,13,16,19-23,51-52H2,1-6H3,(H,57,65)(H,67,68)(H2,53,56,58)(H2,54,69,70)/t24-,29+,31-,32-,36+,42+/m1/s1. The number of aromatic nitrogens is 2. The van der Waals surface area contributed by atoms with Gasteiger partial charge in [-0.25, -0.2) is 24.6 Å². The van der Waals surface area contributed by atoms with Crippen LogP contribution in [0.2, 0.25) is 0 Å². The number of aliphatic hydroxyl groups excluding tert-OH is 2. The van der Waals surface area contributed by atoms with Crippen LogP contribution in [0.3, 0.4) is 0 Å². The number of anilines is 1. The fourth-order valence-electron chi connectivity index (χ4n) is 8.10. The first kappa shape index (κ1) is 56.8. The summed E-state index contributed by atoms with van der Waals surface area (Å²) in [5.41, 5.74) is 18.9. The van der Waals surface area contributed by atoms with Gasteiger partial charge in [0.1, 0.15) is 49.1 Å². The molecule has 4 bridgehead atoms. The molecule has 0 saturated carbocycles. The second-order valence-corrected chi connectivity index (χ2v) is 20.3. The molecule has 2 amide bonds. The first-order valence-electron chi connectivity index (χ1n) is 23.0. The van der Waals surface area contributed by atoms with E-state index in [0.717, 1.165) is 10.5 Å². The number of aliphatic hydroxyl groups is 2. The number of aliphatic carboxylic acids is 1.